The highest BCUT2D eigenvalue weighted by Gasteiger charge is 2.80. The maximum absolute atomic E-state index is 12.9. The van der Waals surface area contributed by atoms with Crippen molar-refractivity contribution >= 4 is 12.0 Å². The van der Waals surface area contributed by atoms with Crippen LogP contribution in [0, 0.1) is 57.2 Å². The van der Waals surface area contributed by atoms with E-state index in [0.29, 0.717) is 66.2 Å². The van der Waals surface area contributed by atoms with Crippen LogP contribution in [0.3, 0.4) is 0 Å². The van der Waals surface area contributed by atoms with Crippen molar-refractivity contribution in [3.8, 4) is 0 Å². The molecule has 0 aromatic rings. The summed E-state index contributed by atoms with van der Waals surface area (Å²) in [5.74, 6) is 3.68. The average molecular weight is 683 g/mol. The molecule has 8 aliphatic rings. The average Bonchev–Trinajstić information content (AvgIpc) is 3.60. The maximum Gasteiger partial charge on any atom is 0.410 e. The molecule has 276 valence electrons. The molecular formula is C41H66N2O6. The third-order valence-electron chi connectivity index (χ3n) is 16.2. The van der Waals surface area contributed by atoms with Crippen molar-refractivity contribution in [3.05, 3.63) is 0 Å². The second kappa shape index (κ2) is 12.4. The molecule has 0 bridgehead atoms. The minimum absolute atomic E-state index is 0.0109. The SMILES string of the molecule is CC(C)CC(=O)N1CCOC(O[C@H]2CC[C@]34C[C@]35CC[C@]3(C)C6CCC([C@H](OC(=O)N7CCC7)C(C)C)OC6CC3C5CCC4C2(C)C)C1. The molecule has 7 unspecified atom stereocenters. The normalized spacial score (nSPS) is 45.7. The molecule has 49 heavy (non-hydrogen) atoms. The van der Waals surface area contributed by atoms with E-state index in [1.807, 2.05) is 9.80 Å². The molecule has 0 radical (unpaired) electrons. The van der Waals surface area contributed by atoms with E-state index in [-0.39, 0.29) is 47.9 Å². The standard InChI is InChI=1S/C41H66N2O6/c1-25(2)21-34(44)43-19-20-46-35(23-43)48-33-13-14-41-24-40(41)16-15-39(7)28-9-11-30(36(26(3)4)49-37(45)42-17-8-18-42)47-31(28)22-29(39)27(40)10-12-32(41)38(33,5)6/h25-33,35-36H,8-24H2,1-7H3/t27?,28?,29?,30?,31?,32?,33-,35?,36+,39+,40-,41+/m0/s1. The fourth-order valence-electron chi connectivity index (χ4n) is 13.7. The Kier molecular flexibility index (Phi) is 8.75. The molecule has 5 saturated carbocycles. The smallest absolute Gasteiger partial charge is 0.410 e. The van der Waals surface area contributed by atoms with Crippen molar-refractivity contribution < 1.29 is 28.5 Å². The second-order valence-corrected chi connectivity index (χ2v) is 19.6. The molecule has 0 N–H and O–H groups in total. The van der Waals surface area contributed by atoms with Crippen LogP contribution in [0.1, 0.15) is 126 Å². The van der Waals surface area contributed by atoms with Gasteiger partial charge in [-0.2, -0.15) is 0 Å². The number of morpholine rings is 1. The fraction of sp³-hybridized carbons (Fsp3) is 0.951. The summed E-state index contributed by atoms with van der Waals surface area (Å²) < 4.78 is 26.2. The van der Waals surface area contributed by atoms with E-state index in [1.165, 1.54) is 51.4 Å². The monoisotopic (exact) mass is 682 g/mol. The van der Waals surface area contributed by atoms with Gasteiger partial charge in [-0.25, -0.2) is 4.79 Å². The molecule has 8 nitrogen and oxygen atoms in total. The fourth-order valence-corrected chi connectivity index (χ4v) is 13.7. The Hall–Kier alpha value is -1.38. The number of ether oxygens (including phenoxy) is 4. The third kappa shape index (κ3) is 5.44. The van der Waals surface area contributed by atoms with Crippen molar-refractivity contribution in [2.24, 2.45) is 57.2 Å². The van der Waals surface area contributed by atoms with Gasteiger partial charge < -0.3 is 28.7 Å². The van der Waals surface area contributed by atoms with Crippen LogP contribution in [0.15, 0.2) is 0 Å². The lowest BCUT2D eigenvalue weighted by Gasteiger charge is -2.60. The van der Waals surface area contributed by atoms with E-state index in [1.54, 1.807) is 0 Å². The molecule has 12 atom stereocenters. The first-order chi connectivity index (χ1) is 23.3. The number of hydrogen-bond acceptors (Lipinski definition) is 6. The van der Waals surface area contributed by atoms with Crippen molar-refractivity contribution in [2.45, 2.75) is 156 Å². The molecule has 0 aromatic heterocycles. The van der Waals surface area contributed by atoms with Gasteiger partial charge in [-0.05, 0) is 128 Å². The summed E-state index contributed by atoms with van der Waals surface area (Å²) in [6.07, 6.45) is 14.1. The lowest BCUT2D eigenvalue weighted by atomic mass is 9.46. The van der Waals surface area contributed by atoms with Gasteiger partial charge in [0, 0.05) is 26.1 Å². The number of rotatable bonds is 7. The summed E-state index contributed by atoms with van der Waals surface area (Å²) in [7, 11) is 0. The Labute approximate surface area is 296 Å². The van der Waals surface area contributed by atoms with E-state index >= 15 is 0 Å². The van der Waals surface area contributed by atoms with Gasteiger partial charge in [-0.1, -0.05) is 48.5 Å². The Balaban J connectivity index is 0.936. The largest absolute Gasteiger partial charge is 0.443 e. The maximum atomic E-state index is 12.9. The van der Waals surface area contributed by atoms with Gasteiger partial charge in [0.1, 0.15) is 6.10 Å². The Morgan fingerprint density at radius 1 is 0.857 bits per heavy atom. The van der Waals surface area contributed by atoms with Gasteiger partial charge >= 0.3 is 6.09 Å². The highest BCUT2D eigenvalue weighted by atomic mass is 16.7. The molecule has 8 fully saturated rings. The summed E-state index contributed by atoms with van der Waals surface area (Å²) in [6, 6.07) is 0. The lowest BCUT2D eigenvalue weighted by Crippen LogP contribution is -2.56. The Morgan fingerprint density at radius 3 is 2.35 bits per heavy atom. The molecule has 3 aliphatic heterocycles. The van der Waals surface area contributed by atoms with Gasteiger partial charge in [0.25, 0.3) is 0 Å². The number of nitrogens with zero attached hydrogens (tertiary/aromatic N) is 2. The van der Waals surface area contributed by atoms with Gasteiger partial charge in [-0.3, -0.25) is 4.79 Å². The summed E-state index contributed by atoms with van der Waals surface area (Å²) in [4.78, 5) is 29.5. The molecule has 8 heteroatoms. The quantitative estimate of drug-likeness (QED) is 0.274. The first-order valence-electron chi connectivity index (χ1n) is 20.4. The number of carbonyl (C=O) groups excluding carboxylic acids is 2. The van der Waals surface area contributed by atoms with Crippen LogP contribution in [0.2, 0.25) is 0 Å². The second-order valence-electron chi connectivity index (χ2n) is 19.6. The number of fused-ring (bicyclic) bond motifs is 4. The van der Waals surface area contributed by atoms with Gasteiger partial charge in [0.2, 0.25) is 5.91 Å². The van der Waals surface area contributed by atoms with E-state index in [0.717, 1.165) is 44.2 Å². The third-order valence-corrected chi connectivity index (χ3v) is 16.2. The molecule has 2 spiro atoms. The molecule has 3 heterocycles. The number of likely N-dealkylation sites (tertiary alicyclic amines) is 1. The predicted molar refractivity (Wildman–Crippen MR) is 187 cm³/mol. The van der Waals surface area contributed by atoms with Crippen LogP contribution in [0.25, 0.3) is 0 Å². The minimum Gasteiger partial charge on any atom is -0.443 e. The van der Waals surface area contributed by atoms with Crippen molar-refractivity contribution in [2.75, 3.05) is 32.8 Å². The van der Waals surface area contributed by atoms with Crippen molar-refractivity contribution in [1.29, 1.82) is 0 Å². The number of carbonyl (C=O) groups is 2. The van der Waals surface area contributed by atoms with Crippen LogP contribution < -0.4 is 0 Å². The van der Waals surface area contributed by atoms with Gasteiger partial charge in [0.05, 0.1) is 31.5 Å². The number of amides is 2. The van der Waals surface area contributed by atoms with E-state index < -0.39 is 0 Å². The summed E-state index contributed by atoms with van der Waals surface area (Å²) in [5, 5.41) is 0. The van der Waals surface area contributed by atoms with Crippen LogP contribution in [0.4, 0.5) is 4.79 Å². The zero-order valence-corrected chi connectivity index (χ0v) is 31.7. The van der Waals surface area contributed by atoms with E-state index in [4.69, 9.17) is 18.9 Å². The van der Waals surface area contributed by atoms with Crippen LogP contribution >= 0.6 is 0 Å². The first-order valence-corrected chi connectivity index (χ1v) is 20.4. The van der Waals surface area contributed by atoms with Crippen LogP contribution in [-0.2, 0) is 23.7 Å². The summed E-state index contributed by atoms with van der Waals surface area (Å²) in [5.41, 5.74) is 1.39. The van der Waals surface area contributed by atoms with E-state index in [9.17, 15) is 9.59 Å². The first kappa shape index (κ1) is 34.7. The summed E-state index contributed by atoms with van der Waals surface area (Å²) >= 11 is 0. The van der Waals surface area contributed by atoms with Gasteiger partial charge in [-0.15, -0.1) is 0 Å². The highest BCUT2D eigenvalue weighted by molar-refractivity contribution is 5.76. The molecular weight excluding hydrogens is 616 g/mol. The molecule has 8 rings (SSSR count). The Bertz CT molecular complexity index is 1280. The number of hydrogen-bond donors (Lipinski definition) is 0. The molecule has 2 amide bonds. The topological polar surface area (TPSA) is 77.5 Å². The van der Waals surface area contributed by atoms with E-state index in [2.05, 4.69) is 48.5 Å². The molecule has 0 aromatic carbocycles. The predicted octanol–water partition coefficient (Wildman–Crippen LogP) is 7.68. The highest BCUT2D eigenvalue weighted by Crippen LogP contribution is 2.87. The summed E-state index contributed by atoms with van der Waals surface area (Å²) in [6.45, 7) is 19.7. The molecule has 5 aliphatic carbocycles. The zero-order valence-electron chi connectivity index (χ0n) is 31.7. The van der Waals surface area contributed by atoms with Crippen LogP contribution in [0.5, 0.6) is 0 Å². The van der Waals surface area contributed by atoms with Crippen molar-refractivity contribution in [1.82, 2.24) is 9.80 Å². The Morgan fingerprint density at radius 2 is 1.63 bits per heavy atom. The lowest BCUT2D eigenvalue weighted by molar-refractivity contribution is -0.244. The minimum atomic E-state index is -0.316. The van der Waals surface area contributed by atoms with Crippen molar-refractivity contribution in [3.63, 3.8) is 0 Å². The molecule has 3 saturated heterocycles. The zero-order chi connectivity index (χ0) is 34.5. The van der Waals surface area contributed by atoms with Crippen LogP contribution in [-0.4, -0.2) is 85.3 Å². The van der Waals surface area contributed by atoms with Gasteiger partial charge in [0.15, 0.2) is 6.29 Å².